The van der Waals surface area contributed by atoms with Crippen LogP contribution < -0.4 is 11.1 Å². The first-order chi connectivity index (χ1) is 7.24. The monoisotopic (exact) mass is 214 g/mol. The lowest BCUT2D eigenvalue weighted by molar-refractivity contribution is 0.313. The molecular formula is C10H22N4O. The zero-order chi connectivity index (χ0) is 11.1. The third-order valence-corrected chi connectivity index (χ3v) is 2.86. The summed E-state index contributed by atoms with van der Waals surface area (Å²) in [7, 11) is 0. The van der Waals surface area contributed by atoms with Crippen LogP contribution >= 0.6 is 0 Å². The second-order valence-electron chi connectivity index (χ2n) is 4.10. The van der Waals surface area contributed by atoms with Crippen molar-refractivity contribution in [1.29, 1.82) is 0 Å². The van der Waals surface area contributed by atoms with Gasteiger partial charge < -0.3 is 21.2 Å². The largest absolute Gasteiger partial charge is 0.409 e. The summed E-state index contributed by atoms with van der Waals surface area (Å²) < 4.78 is 0. The Morgan fingerprint density at radius 1 is 1.53 bits per heavy atom. The summed E-state index contributed by atoms with van der Waals surface area (Å²) in [6.45, 7) is 6.44. The summed E-state index contributed by atoms with van der Waals surface area (Å²) in [6, 6.07) is -0.0476. The van der Waals surface area contributed by atoms with Gasteiger partial charge in [0.25, 0.3) is 0 Å². The fourth-order valence-electron chi connectivity index (χ4n) is 1.82. The van der Waals surface area contributed by atoms with Crippen molar-refractivity contribution in [2.45, 2.75) is 32.2 Å². The van der Waals surface area contributed by atoms with Crippen molar-refractivity contribution in [2.75, 3.05) is 26.2 Å². The number of hydrogen-bond donors (Lipinski definition) is 3. The Morgan fingerprint density at radius 2 is 2.20 bits per heavy atom. The molecule has 1 rings (SSSR count). The van der Waals surface area contributed by atoms with E-state index in [9.17, 15) is 0 Å². The molecular weight excluding hydrogens is 192 g/mol. The summed E-state index contributed by atoms with van der Waals surface area (Å²) in [6.07, 6.45) is 3.80. The molecule has 1 aliphatic rings. The zero-order valence-electron chi connectivity index (χ0n) is 9.45. The van der Waals surface area contributed by atoms with Gasteiger partial charge in [0.05, 0.1) is 6.04 Å². The van der Waals surface area contributed by atoms with Crippen molar-refractivity contribution < 1.29 is 5.21 Å². The molecule has 5 nitrogen and oxygen atoms in total. The lowest BCUT2D eigenvalue weighted by Crippen LogP contribution is -2.40. The van der Waals surface area contributed by atoms with Crippen molar-refractivity contribution in [3.05, 3.63) is 0 Å². The fourth-order valence-corrected chi connectivity index (χ4v) is 1.82. The topological polar surface area (TPSA) is 73.9 Å². The van der Waals surface area contributed by atoms with Crippen LogP contribution in [0.4, 0.5) is 0 Å². The highest BCUT2D eigenvalue weighted by molar-refractivity contribution is 5.84. The van der Waals surface area contributed by atoms with Crippen LogP contribution in [0.5, 0.6) is 0 Å². The summed E-state index contributed by atoms with van der Waals surface area (Å²) in [4.78, 5) is 2.48. The Morgan fingerprint density at radius 3 is 2.80 bits per heavy atom. The Labute approximate surface area is 91.3 Å². The van der Waals surface area contributed by atoms with Crippen molar-refractivity contribution >= 4 is 5.84 Å². The van der Waals surface area contributed by atoms with Crippen LogP contribution in [0.3, 0.4) is 0 Å². The number of oxime groups is 1. The molecule has 88 valence electrons. The molecule has 1 unspecified atom stereocenters. The van der Waals surface area contributed by atoms with Gasteiger partial charge in [0.15, 0.2) is 5.84 Å². The Kier molecular flexibility index (Phi) is 5.42. The lowest BCUT2D eigenvalue weighted by atomic mass is 10.3. The summed E-state index contributed by atoms with van der Waals surface area (Å²) in [5, 5.41) is 14.6. The molecule has 0 radical (unpaired) electrons. The summed E-state index contributed by atoms with van der Waals surface area (Å²) >= 11 is 0. The second-order valence-corrected chi connectivity index (χ2v) is 4.10. The Balaban J connectivity index is 2.00. The lowest BCUT2D eigenvalue weighted by Gasteiger charge is -2.16. The first-order valence-electron chi connectivity index (χ1n) is 5.67. The van der Waals surface area contributed by atoms with Crippen molar-refractivity contribution in [2.24, 2.45) is 10.9 Å². The van der Waals surface area contributed by atoms with Gasteiger partial charge in [-0.25, -0.2) is 0 Å². The maximum atomic E-state index is 8.45. The second kappa shape index (κ2) is 6.63. The van der Waals surface area contributed by atoms with Gasteiger partial charge in [-0.15, -0.1) is 0 Å². The average molecular weight is 214 g/mol. The van der Waals surface area contributed by atoms with Crippen LogP contribution in [0.25, 0.3) is 0 Å². The van der Waals surface area contributed by atoms with Crippen LogP contribution in [0, 0.1) is 0 Å². The van der Waals surface area contributed by atoms with Gasteiger partial charge in [-0.1, -0.05) is 5.16 Å². The molecule has 0 aromatic carbocycles. The smallest absolute Gasteiger partial charge is 0.156 e. The first-order valence-corrected chi connectivity index (χ1v) is 5.67. The molecule has 1 aliphatic heterocycles. The van der Waals surface area contributed by atoms with E-state index < -0.39 is 0 Å². The normalized spacial score (nSPS) is 20.7. The van der Waals surface area contributed by atoms with Crippen molar-refractivity contribution in [3.63, 3.8) is 0 Å². The maximum Gasteiger partial charge on any atom is 0.156 e. The molecule has 0 aromatic rings. The van der Waals surface area contributed by atoms with Crippen LogP contribution in [0.2, 0.25) is 0 Å². The van der Waals surface area contributed by atoms with Crippen LogP contribution in [-0.4, -0.2) is 48.2 Å². The highest BCUT2D eigenvalue weighted by Gasteiger charge is 2.11. The molecule has 1 atom stereocenters. The van der Waals surface area contributed by atoms with E-state index in [1.54, 1.807) is 0 Å². The number of likely N-dealkylation sites (tertiary alicyclic amines) is 1. The quantitative estimate of drug-likeness (QED) is 0.194. The highest BCUT2D eigenvalue weighted by Crippen LogP contribution is 2.06. The molecule has 0 amide bonds. The maximum absolute atomic E-state index is 8.45. The molecule has 5 heteroatoms. The predicted octanol–water partition coefficient (Wildman–Crippen LogP) is 0.197. The molecule has 1 saturated heterocycles. The highest BCUT2D eigenvalue weighted by atomic mass is 16.4. The van der Waals surface area contributed by atoms with Gasteiger partial charge in [0.1, 0.15) is 0 Å². The molecule has 4 N–H and O–H groups in total. The van der Waals surface area contributed by atoms with Crippen LogP contribution in [-0.2, 0) is 0 Å². The molecule has 1 heterocycles. The van der Waals surface area contributed by atoms with Crippen LogP contribution in [0.1, 0.15) is 26.2 Å². The number of nitrogens with two attached hydrogens (primary N) is 1. The predicted molar refractivity (Wildman–Crippen MR) is 61.2 cm³/mol. The van der Waals surface area contributed by atoms with E-state index in [0.717, 1.165) is 19.5 Å². The van der Waals surface area contributed by atoms with Crippen molar-refractivity contribution in [3.8, 4) is 0 Å². The molecule has 15 heavy (non-hydrogen) atoms. The minimum atomic E-state index is -0.0476. The van der Waals surface area contributed by atoms with E-state index in [4.69, 9.17) is 10.9 Å². The fraction of sp³-hybridized carbons (Fsp3) is 0.900. The minimum Gasteiger partial charge on any atom is -0.409 e. The number of amidine groups is 1. The third-order valence-electron chi connectivity index (χ3n) is 2.86. The van der Waals surface area contributed by atoms with E-state index in [-0.39, 0.29) is 11.9 Å². The molecule has 0 aliphatic carbocycles. The third kappa shape index (κ3) is 4.48. The number of rotatable bonds is 6. The van der Waals surface area contributed by atoms with Gasteiger partial charge in [-0.05, 0) is 52.4 Å². The number of hydrogen-bond acceptors (Lipinski definition) is 4. The van der Waals surface area contributed by atoms with E-state index in [2.05, 4.69) is 15.4 Å². The average Bonchev–Trinajstić information content (AvgIpc) is 2.75. The van der Waals surface area contributed by atoms with E-state index in [1.165, 1.54) is 25.9 Å². The molecule has 0 spiro atoms. The van der Waals surface area contributed by atoms with Crippen LogP contribution in [0.15, 0.2) is 5.16 Å². The van der Waals surface area contributed by atoms with E-state index >= 15 is 0 Å². The van der Waals surface area contributed by atoms with Gasteiger partial charge >= 0.3 is 0 Å². The Hall–Kier alpha value is -0.810. The first kappa shape index (κ1) is 12.3. The SMILES string of the molecule is CC(NCCCN1CCCC1)C(N)=NO. The number of nitrogens with zero attached hydrogens (tertiary/aromatic N) is 2. The summed E-state index contributed by atoms with van der Waals surface area (Å²) in [5.74, 6) is 0.246. The molecule has 1 fully saturated rings. The van der Waals surface area contributed by atoms with Gasteiger partial charge in [-0.2, -0.15) is 0 Å². The molecule has 0 bridgehead atoms. The minimum absolute atomic E-state index is 0.0476. The Bertz CT molecular complexity index is 202. The van der Waals surface area contributed by atoms with E-state index in [0.29, 0.717) is 0 Å². The van der Waals surface area contributed by atoms with E-state index in [1.807, 2.05) is 6.92 Å². The van der Waals surface area contributed by atoms with Gasteiger partial charge in [0, 0.05) is 0 Å². The van der Waals surface area contributed by atoms with Crippen molar-refractivity contribution in [1.82, 2.24) is 10.2 Å². The number of nitrogens with one attached hydrogen (secondary N) is 1. The summed E-state index contributed by atoms with van der Waals surface area (Å²) in [5.41, 5.74) is 5.45. The zero-order valence-corrected chi connectivity index (χ0v) is 9.45. The molecule has 0 saturated carbocycles. The molecule has 0 aromatic heterocycles. The van der Waals surface area contributed by atoms with Gasteiger partial charge in [0.2, 0.25) is 0 Å². The standard InChI is InChI=1S/C10H22N4O/c1-9(10(11)13-15)12-5-4-8-14-6-2-3-7-14/h9,12,15H,2-8H2,1H3,(H2,11,13). The van der Waals surface area contributed by atoms with Gasteiger partial charge in [-0.3, -0.25) is 0 Å².